The fourth-order valence-corrected chi connectivity index (χ4v) is 1.58. The lowest BCUT2D eigenvalue weighted by Crippen LogP contribution is -2.15. The van der Waals surface area contributed by atoms with Gasteiger partial charge in [0.05, 0.1) is 6.42 Å². The van der Waals surface area contributed by atoms with Crippen molar-refractivity contribution in [3.63, 3.8) is 0 Å². The molecule has 3 N–H and O–H groups in total. The Kier molecular flexibility index (Phi) is 5.71. The van der Waals surface area contributed by atoms with Crippen molar-refractivity contribution in [1.82, 2.24) is 0 Å². The Morgan fingerprint density at radius 3 is 2.10 bits per heavy atom. The number of nitrogens with one attached hydrogen (secondary N) is 2. The molecule has 6 nitrogen and oxygen atoms in total. The van der Waals surface area contributed by atoms with Crippen LogP contribution in [0.5, 0.6) is 0 Å². The summed E-state index contributed by atoms with van der Waals surface area (Å²) in [5.41, 5.74) is 1.93. The van der Waals surface area contributed by atoms with Gasteiger partial charge in [-0.2, -0.15) is 0 Å². The second-order valence-electron chi connectivity index (χ2n) is 4.32. The van der Waals surface area contributed by atoms with Crippen LogP contribution in [0, 0.1) is 6.92 Å². The third kappa shape index (κ3) is 4.72. The molecular formula is C14H18N2O4. The van der Waals surface area contributed by atoms with Crippen LogP contribution in [0.4, 0.5) is 11.4 Å². The number of rotatable bonds is 6. The van der Waals surface area contributed by atoms with Crippen molar-refractivity contribution in [3.05, 3.63) is 23.8 Å². The highest BCUT2D eigenvalue weighted by Crippen LogP contribution is 2.23. The molecule has 2 amide bonds. The van der Waals surface area contributed by atoms with Crippen LogP contribution in [0.25, 0.3) is 0 Å². The fourth-order valence-electron chi connectivity index (χ4n) is 1.58. The number of carbonyl (C=O) groups is 3. The summed E-state index contributed by atoms with van der Waals surface area (Å²) in [6.45, 7) is 3.53. The van der Waals surface area contributed by atoms with Crippen LogP contribution in [-0.4, -0.2) is 22.9 Å². The summed E-state index contributed by atoms with van der Waals surface area (Å²) in [7, 11) is 0. The molecule has 0 aliphatic carbocycles. The summed E-state index contributed by atoms with van der Waals surface area (Å²) in [6.07, 6.45) is 0.0755. The molecule has 1 aromatic carbocycles. The highest BCUT2D eigenvalue weighted by atomic mass is 16.4. The maximum Gasteiger partial charge on any atom is 0.303 e. The van der Waals surface area contributed by atoms with E-state index in [1.54, 1.807) is 32.0 Å². The SMILES string of the molecule is CCC(=O)Nc1cccc(NC(=O)CCC(=O)O)c1C. The molecule has 0 heterocycles. The van der Waals surface area contributed by atoms with Gasteiger partial charge >= 0.3 is 5.97 Å². The first kappa shape index (κ1) is 15.7. The summed E-state index contributed by atoms with van der Waals surface area (Å²) in [5, 5.41) is 13.9. The average Bonchev–Trinajstić information content (AvgIpc) is 2.40. The molecule has 0 aliphatic rings. The maximum atomic E-state index is 11.6. The van der Waals surface area contributed by atoms with Crippen LogP contribution in [-0.2, 0) is 14.4 Å². The monoisotopic (exact) mass is 278 g/mol. The van der Waals surface area contributed by atoms with E-state index in [9.17, 15) is 14.4 Å². The molecule has 0 unspecified atom stereocenters. The van der Waals surface area contributed by atoms with Gasteiger partial charge in [0, 0.05) is 24.2 Å². The van der Waals surface area contributed by atoms with Crippen LogP contribution >= 0.6 is 0 Å². The molecule has 0 spiro atoms. The van der Waals surface area contributed by atoms with Crippen molar-refractivity contribution in [2.75, 3.05) is 10.6 Å². The Balaban J connectivity index is 2.76. The van der Waals surface area contributed by atoms with Crippen LogP contribution in [0.15, 0.2) is 18.2 Å². The Morgan fingerprint density at radius 1 is 1.05 bits per heavy atom. The third-order valence-electron chi connectivity index (χ3n) is 2.77. The Morgan fingerprint density at radius 2 is 1.60 bits per heavy atom. The van der Waals surface area contributed by atoms with E-state index in [4.69, 9.17) is 5.11 Å². The van der Waals surface area contributed by atoms with E-state index >= 15 is 0 Å². The van der Waals surface area contributed by atoms with E-state index in [-0.39, 0.29) is 24.7 Å². The normalized spacial score (nSPS) is 9.90. The molecule has 0 saturated heterocycles. The second kappa shape index (κ2) is 7.28. The molecule has 108 valence electrons. The molecule has 0 aliphatic heterocycles. The zero-order valence-corrected chi connectivity index (χ0v) is 11.5. The minimum Gasteiger partial charge on any atom is -0.481 e. The van der Waals surface area contributed by atoms with E-state index in [0.717, 1.165) is 5.56 Å². The molecule has 6 heteroatoms. The number of amides is 2. The number of hydrogen-bond donors (Lipinski definition) is 3. The topological polar surface area (TPSA) is 95.5 Å². The molecule has 0 fully saturated rings. The van der Waals surface area contributed by atoms with E-state index < -0.39 is 5.97 Å². The van der Waals surface area contributed by atoms with Crippen molar-refractivity contribution >= 4 is 29.2 Å². The average molecular weight is 278 g/mol. The van der Waals surface area contributed by atoms with Gasteiger partial charge < -0.3 is 15.7 Å². The van der Waals surface area contributed by atoms with Crippen molar-refractivity contribution in [3.8, 4) is 0 Å². The molecule has 0 aromatic heterocycles. The molecular weight excluding hydrogens is 260 g/mol. The lowest BCUT2D eigenvalue weighted by molar-refractivity contribution is -0.138. The number of carboxylic acid groups (broad SMARTS) is 1. The van der Waals surface area contributed by atoms with Crippen molar-refractivity contribution in [1.29, 1.82) is 0 Å². The first-order chi connectivity index (χ1) is 9.43. The highest BCUT2D eigenvalue weighted by Gasteiger charge is 2.10. The lowest BCUT2D eigenvalue weighted by Gasteiger charge is -2.13. The Hall–Kier alpha value is -2.37. The lowest BCUT2D eigenvalue weighted by atomic mass is 10.1. The van der Waals surface area contributed by atoms with Gasteiger partial charge in [0.15, 0.2) is 0 Å². The van der Waals surface area contributed by atoms with E-state index in [1.165, 1.54) is 0 Å². The standard InChI is InChI=1S/C14H18N2O4/c1-3-12(17)15-10-5-4-6-11(9(10)2)16-13(18)7-8-14(19)20/h4-6H,3,7-8H2,1-2H3,(H,15,17)(H,16,18)(H,19,20). The van der Waals surface area contributed by atoms with Crippen LogP contribution in [0.2, 0.25) is 0 Å². The number of benzene rings is 1. The molecule has 1 aromatic rings. The second-order valence-corrected chi connectivity index (χ2v) is 4.32. The quantitative estimate of drug-likeness (QED) is 0.743. The third-order valence-corrected chi connectivity index (χ3v) is 2.77. The zero-order chi connectivity index (χ0) is 15.1. The smallest absolute Gasteiger partial charge is 0.303 e. The van der Waals surface area contributed by atoms with Crippen molar-refractivity contribution in [2.24, 2.45) is 0 Å². The zero-order valence-electron chi connectivity index (χ0n) is 11.5. The van der Waals surface area contributed by atoms with Crippen LogP contribution < -0.4 is 10.6 Å². The summed E-state index contributed by atoms with van der Waals surface area (Å²) in [6, 6.07) is 5.16. The summed E-state index contributed by atoms with van der Waals surface area (Å²) < 4.78 is 0. The number of aliphatic carboxylic acids is 1. The Bertz CT molecular complexity index is 526. The minimum absolute atomic E-state index is 0.0830. The van der Waals surface area contributed by atoms with Gasteiger partial charge in [-0.25, -0.2) is 0 Å². The number of carbonyl (C=O) groups excluding carboxylic acids is 2. The van der Waals surface area contributed by atoms with Crippen LogP contribution in [0.1, 0.15) is 31.7 Å². The van der Waals surface area contributed by atoms with E-state index in [0.29, 0.717) is 17.8 Å². The first-order valence-corrected chi connectivity index (χ1v) is 6.35. The van der Waals surface area contributed by atoms with Gasteiger partial charge in [-0.3, -0.25) is 14.4 Å². The van der Waals surface area contributed by atoms with E-state index in [1.807, 2.05) is 0 Å². The van der Waals surface area contributed by atoms with Gasteiger partial charge in [0.2, 0.25) is 11.8 Å². The first-order valence-electron chi connectivity index (χ1n) is 6.35. The van der Waals surface area contributed by atoms with Crippen molar-refractivity contribution in [2.45, 2.75) is 33.1 Å². The summed E-state index contributed by atoms with van der Waals surface area (Å²) in [5.74, 6) is -1.49. The highest BCUT2D eigenvalue weighted by molar-refractivity contribution is 5.96. The predicted octanol–water partition coefficient (Wildman–Crippen LogP) is 2.15. The van der Waals surface area contributed by atoms with Gasteiger partial charge in [0.1, 0.15) is 0 Å². The molecule has 0 atom stereocenters. The van der Waals surface area contributed by atoms with Gasteiger partial charge in [-0.05, 0) is 24.6 Å². The molecule has 0 bridgehead atoms. The van der Waals surface area contributed by atoms with Gasteiger partial charge in [-0.1, -0.05) is 13.0 Å². The largest absolute Gasteiger partial charge is 0.481 e. The summed E-state index contributed by atoms with van der Waals surface area (Å²) >= 11 is 0. The number of carboxylic acids is 1. The van der Waals surface area contributed by atoms with E-state index in [2.05, 4.69) is 10.6 Å². The molecule has 0 radical (unpaired) electrons. The number of hydrogen-bond acceptors (Lipinski definition) is 3. The fraction of sp³-hybridized carbons (Fsp3) is 0.357. The van der Waals surface area contributed by atoms with Gasteiger partial charge in [-0.15, -0.1) is 0 Å². The maximum absolute atomic E-state index is 11.6. The summed E-state index contributed by atoms with van der Waals surface area (Å²) in [4.78, 5) is 33.4. The van der Waals surface area contributed by atoms with Crippen molar-refractivity contribution < 1.29 is 19.5 Å². The predicted molar refractivity (Wildman–Crippen MR) is 75.6 cm³/mol. The molecule has 20 heavy (non-hydrogen) atoms. The molecule has 0 saturated carbocycles. The van der Waals surface area contributed by atoms with Gasteiger partial charge in [0.25, 0.3) is 0 Å². The Labute approximate surface area is 117 Å². The van der Waals surface area contributed by atoms with Crippen LogP contribution in [0.3, 0.4) is 0 Å². The minimum atomic E-state index is -1.01. The number of anilines is 2. The molecule has 1 rings (SSSR count).